The predicted molar refractivity (Wildman–Crippen MR) is 64.0 cm³/mol. The first kappa shape index (κ1) is 14.4. The minimum absolute atomic E-state index is 0.0745. The van der Waals surface area contributed by atoms with Gasteiger partial charge in [-0.15, -0.1) is 11.3 Å². The van der Waals surface area contributed by atoms with Crippen LogP contribution in [0.5, 0.6) is 0 Å². The molecule has 18 heavy (non-hydrogen) atoms. The molecular weight excluding hydrogens is 256 g/mol. The second-order valence-electron chi connectivity index (χ2n) is 4.70. The molecule has 7 heteroatoms. The van der Waals surface area contributed by atoms with Crippen LogP contribution in [0.1, 0.15) is 26.5 Å². The summed E-state index contributed by atoms with van der Waals surface area (Å²) >= 11 is 1.35. The average molecular weight is 271 g/mol. The number of carbonyl (C=O) groups excluding carboxylic acids is 2. The zero-order valence-corrected chi connectivity index (χ0v) is 11.2. The number of nitrogens with one attached hydrogen (secondary N) is 1. The molecular formula is C11H15N2O4S-. The number of carbonyl (C=O) groups is 2. The van der Waals surface area contributed by atoms with Crippen molar-refractivity contribution in [3.63, 3.8) is 0 Å². The number of hydrogen-bond acceptors (Lipinski definition) is 6. The van der Waals surface area contributed by atoms with Gasteiger partial charge in [-0.1, -0.05) is 0 Å². The zero-order chi connectivity index (χ0) is 13.8. The molecule has 0 aliphatic carbocycles. The lowest BCUT2D eigenvalue weighted by Crippen LogP contribution is -2.50. The molecule has 0 aliphatic rings. The van der Waals surface area contributed by atoms with Crippen LogP contribution >= 0.6 is 11.3 Å². The third-order valence-corrected chi connectivity index (χ3v) is 2.51. The molecule has 1 atom stereocenters. The van der Waals surface area contributed by atoms with Crippen LogP contribution in [0, 0.1) is 0 Å². The molecule has 0 bridgehead atoms. The summed E-state index contributed by atoms with van der Waals surface area (Å²) in [5, 5.41) is 14.9. The fraction of sp³-hybridized carbons (Fsp3) is 0.545. The van der Waals surface area contributed by atoms with Gasteiger partial charge in [0.05, 0.1) is 23.2 Å². The van der Waals surface area contributed by atoms with Crippen LogP contribution in [-0.2, 0) is 16.0 Å². The van der Waals surface area contributed by atoms with Gasteiger partial charge < -0.3 is 20.0 Å². The average Bonchev–Trinajstić information content (AvgIpc) is 2.66. The first-order valence-corrected chi connectivity index (χ1v) is 6.29. The Morgan fingerprint density at radius 3 is 2.67 bits per heavy atom. The van der Waals surface area contributed by atoms with E-state index in [1.54, 1.807) is 31.7 Å². The third kappa shape index (κ3) is 5.13. The molecule has 0 radical (unpaired) electrons. The van der Waals surface area contributed by atoms with Gasteiger partial charge in [0.15, 0.2) is 0 Å². The topological polar surface area (TPSA) is 91.3 Å². The van der Waals surface area contributed by atoms with E-state index in [9.17, 15) is 14.7 Å². The molecule has 0 fully saturated rings. The monoisotopic (exact) mass is 271 g/mol. The van der Waals surface area contributed by atoms with Crippen molar-refractivity contribution in [1.29, 1.82) is 0 Å². The molecule has 1 N–H and O–H groups in total. The highest BCUT2D eigenvalue weighted by atomic mass is 32.1. The number of nitrogens with zero attached hydrogens (tertiary/aromatic N) is 1. The molecule has 1 heterocycles. The maximum Gasteiger partial charge on any atom is 0.408 e. The van der Waals surface area contributed by atoms with Crippen LogP contribution in [0.15, 0.2) is 10.9 Å². The molecule has 6 nitrogen and oxygen atoms in total. The maximum absolute atomic E-state index is 11.5. The quantitative estimate of drug-likeness (QED) is 0.852. The van der Waals surface area contributed by atoms with E-state index in [4.69, 9.17) is 4.74 Å². The van der Waals surface area contributed by atoms with E-state index in [-0.39, 0.29) is 6.42 Å². The van der Waals surface area contributed by atoms with Crippen molar-refractivity contribution in [2.24, 2.45) is 0 Å². The van der Waals surface area contributed by atoms with E-state index < -0.39 is 23.7 Å². The van der Waals surface area contributed by atoms with Crippen molar-refractivity contribution < 1.29 is 19.4 Å². The van der Waals surface area contributed by atoms with Crippen LogP contribution < -0.4 is 10.4 Å². The summed E-state index contributed by atoms with van der Waals surface area (Å²) < 4.78 is 4.98. The number of rotatable bonds is 4. The SMILES string of the molecule is CC(C)(C)OC(=O)N[C@@H](Cc1cscn1)C(=O)[O-]. The minimum Gasteiger partial charge on any atom is -0.548 e. The largest absolute Gasteiger partial charge is 0.548 e. The first-order chi connectivity index (χ1) is 8.28. The van der Waals surface area contributed by atoms with Crippen molar-refractivity contribution in [3.8, 4) is 0 Å². The van der Waals surface area contributed by atoms with Crippen LogP contribution in [0.4, 0.5) is 4.79 Å². The second kappa shape index (κ2) is 5.81. The highest BCUT2D eigenvalue weighted by Gasteiger charge is 2.20. The number of carboxylic acid groups (broad SMARTS) is 1. The van der Waals surface area contributed by atoms with Crippen molar-refractivity contribution in [1.82, 2.24) is 10.3 Å². The van der Waals surface area contributed by atoms with E-state index in [2.05, 4.69) is 10.3 Å². The summed E-state index contributed by atoms with van der Waals surface area (Å²) in [5.74, 6) is -1.37. The van der Waals surface area contributed by atoms with Gasteiger partial charge >= 0.3 is 6.09 Å². The number of thiazole rings is 1. The lowest BCUT2D eigenvalue weighted by molar-refractivity contribution is -0.308. The molecule has 1 aromatic heterocycles. The highest BCUT2D eigenvalue weighted by Crippen LogP contribution is 2.08. The number of hydrogen-bond donors (Lipinski definition) is 1. The molecule has 1 aromatic rings. The number of alkyl carbamates (subject to hydrolysis) is 1. The number of aliphatic carboxylic acids is 1. The van der Waals surface area contributed by atoms with Gasteiger partial charge in [0.2, 0.25) is 0 Å². The Morgan fingerprint density at radius 1 is 1.56 bits per heavy atom. The summed E-state index contributed by atoms with van der Waals surface area (Å²) in [6.07, 6.45) is -0.711. The Kier molecular flexibility index (Phi) is 4.66. The number of aromatic nitrogens is 1. The molecule has 1 rings (SSSR count). The summed E-state index contributed by atoms with van der Waals surface area (Å²) in [5.41, 5.74) is 1.50. The second-order valence-corrected chi connectivity index (χ2v) is 5.42. The van der Waals surface area contributed by atoms with Crippen molar-refractivity contribution >= 4 is 23.4 Å². The Bertz CT molecular complexity index is 411. The zero-order valence-electron chi connectivity index (χ0n) is 10.4. The van der Waals surface area contributed by atoms with E-state index in [0.29, 0.717) is 5.69 Å². The molecule has 0 saturated carbocycles. The molecule has 0 saturated heterocycles. The van der Waals surface area contributed by atoms with Crippen molar-refractivity contribution in [3.05, 3.63) is 16.6 Å². The molecule has 1 amide bonds. The summed E-state index contributed by atoms with van der Waals surface area (Å²) in [7, 11) is 0. The fourth-order valence-corrected chi connectivity index (χ4v) is 1.76. The molecule has 0 aromatic carbocycles. The van der Waals surface area contributed by atoms with Gasteiger partial charge in [-0.2, -0.15) is 0 Å². The van der Waals surface area contributed by atoms with Crippen LogP contribution in [0.25, 0.3) is 0 Å². The smallest absolute Gasteiger partial charge is 0.408 e. The Morgan fingerprint density at radius 2 is 2.22 bits per heavy atom. The van der Waals surface area contributed by atoms with Gasteiger partial charge in [0, 0.05) is 11.8 Å². The van der Waals surface area contributed by atoms with E-state index in [0.717, 1.165) is 0 Å². The number of ether oxygens (including phenoxy) is 1. The number of carboxylic acids is 1. The molecule has 0 aliphatic heterocycles. The minimum atomic E-state index is -1.37. The number of amides is 1. The Hall–Kier alpha value is -1.63. The van der Waals surface area contributed by atoms with Crippen LogP contribution in [0.2, 0.25) is 0 Å². The van der Waals surface area contributed by atoms with Gasteiger partial charge in [-0.25, -0.2) is 9.78 Å². The summed E-state index contributed by atoms with van der Waals surface area (Å²) in [6.45, 7) is 5.09. The first-order valence-electron chi connectivity index (χ1n) is 5.35. The normalized spacial score (nSPS) is 12.8. The van der Waals surface area contributed by atoms with Gasteiger partial charge in [0.25, 0.3) is 0 Å². The molecule has 0 spiro atoms. The van der Waals surface area contributed by atoms with E-state index >= 15 is 0 Å². The van der Waals surface area contributed by atoms with E-state index in [1.807, 2.05) is 0 Å². The van der Waals surface area contributed by atoms with Gasteiger partial charge in [0.1, 0.15) is 5.60 Å². The Labute approximate surface area is 109 Å². The lowest BCUT2D eigenvalue weighted by Gasteiger charge is -2.23. The summed E-state index contributed by atoms with van der Waals surface area (Å²) in [4.78, 5) is 26.3. The van der Waals surface area contributed by atoms with Crippen molar-refractivity contribution in [2.75, 3.05) is 0 Å². The molecule has 100 valence electrons. The van der Waals surface area contributed by atoms with Gasteiger partial charge in [-0.05, 0) is 20.8 Å². The fourth-order valence-electron chi connectivity index (χ4n) is 1.19. The predicted octanol–water partition coefficient (Wildman–Crippen LogP) is 0.329. The van der Waals surface area contributed by atoms with Crippen molar-refractivity contribution in [2.45, 2.75) is 38.8 Å². The standard InChI is InChI=1S/C11H16N2O4S/c1-11(2,3)17-10(16)13-8(9(14)15)4-7-5-18-6-12-7/h5-6,8H,4H2,1-3H3,(H,13,16)(H,14,15)/p-1/t8-/m0/s1. The third-order valence-electron chi connectivity index (χ3n) is 1.87. The maximum atomic E-state index is 11.5. The van der Waals surface area contributed by atoms with E-state index in [1.165, 1.54) is 11.3 Å². The molecule has 0 unspecified atom stereocenters. The Balaban J connectivity index is 2.58. The lowest BCUT2D eigenvalue weighted by atomic mass is 10.2. The summed E-state index contributed by atoms with van der Waals surface area (Å²) in [6, 6.07) is -1.15. The van der Waals surface area contributed by atoms with Crippen LogP contribution in [-0.4, -0.2) is 28.7 Å². The van der Waals surface area contributed by atoms with Gasteiger partial charge in [-0.3, -0.25) is 0 Å². The van der Waals surface area contributed by atoms with Crippen LogP contribution in [0.3, 0.4) is 0 Å². The highest BCUT2D eigenvalue weighted by molar-refractivity contribution is 7.07.